The van der Waals surface area contributed by atoms with Crippen LogP contribution in [0.15, 0.2) is 78.9 Å². The van der Waals surface area contributed by atoms with Crippen molar-refractivity contribution in [3.63, 3.8) is 0 Å². The van der Waals surface area contributed by atoms with Crippen LogP contribution in [0.2, 0.25) is 10.0 Å². The van der Waals surface area contributed by atoms with Crippen LogP contribution in [-0.4, -0.2) is 5.91 Å². The van der Waals surface area contributed by atoms with E-state index in [0.717, 1.165) is 23.2 Å². The maximum Gasteiger partial charge on any atom is 0.228 e. The van der Waals surface area contributed by atoms with E-state index in [1.165, 1.54) is 0 Å². The van der Waals surface area contributed by atoms with Gasteiger partial charge in [-0.15, -0.1) is 0 Å². The van der Waals surface area contributed by atoms with Crippen molar-refractivity contribution in [3.8, 4) is 0 Å². The maximum absolute atomic E-state index is 12.9. The Morgan fingerprint density at radius 2 is 1.31 bits per heavy atom. The lowest BCUT2D eigenvalue weighted by Gasteiger charge is -2.19. The van der Waals surface area contributed by atoms with E-state index < -0.39 is 0 Å². The number of hydrogen-bond acceptors (Lipinski definition) is 1. The van der Waals surface area contributed by atoms with Crippen LogP contribution in [0.25, 0.3) is 0 Å². The SMILES string of the molecule is O=C(Nc1ccccc1)[C@H]1CC1(c1ccc(Cl)cc1)c1ccc(Cl)cc1. The van der Waals surface area contributed by atoms with Crippen molar-refractivity contribution < 1.29 is 4.79 Å². The summed E-state index contributed by atoms with van der Waals surface area (Å²) >= 11 is 12.1. The van der Waals surface area contributed by atoms with Crippen molar-refractivity contribution >= 4 is 34.8 Å². The van der Waals surface area contributed by atoms with Gasteiger partial charge in [-0.3, -0.25) is 4.79 Å². The van der Waals surface area contributed by atoms with Crippen LogP contribution in [0.3, 0.4) is 0 Å². The Hall–Kier alpha value is -2.29. The Balaban J connectivity index is 1.68. The number of hydrogen-bond donors (Lipinski definition) is 1. The minimum Gasteiger partial charge on any atom is -0.326 e. The van der Waals surface area contributed by atoms with Gasteiger partial charge in [-0.2, -0.15) is 0 Å². The van der Waals surface area contributed by atoms with Gasteiger partial charge in [-0.05, 0) is 53.9 Å². The summed E-state index contributed by atoms with van der Waals surface area (Å²) < 4.78 is 0. The Bertz CT molecular complexity index is 875. The Morgan fingerprint density at radius 1 is 0.808 bits per heavy atom. The molecule has 0 bridgehead atoms. The summed E-state index contributed by atoms with van der Waals surface area (Å²) in [5.41, 5.74) is 2.66. The van der Waals surface area contributed by atoms with E-state index in [1.807, 2.05) is 78.9 Å². The van der Waals surface area contributed by atoms with E-state index in [0.29, 0.717) is 10.0 Å². The third-order valence-electron chi connectivity index (χ3n) is 5.04. The molecule has 0 aromatic heterocycles. The molecule has 1 amide bonds. The quantitative estimate of drug-likeness (QED) is 0.595. The third kappa shape index (κ3) is 3.11. The molecular formula is C22H17Cl2NO. The van der Waals surface area contributed by atoms with Gasteiger partial charge in [0.2, 0.25) is 5.91 Å². The predicted octanol–water partition coefficient (Wildman–Crippen LogP) is 5.94. The van der Waals surface area contributed by atoms with Gasteiger partial charge in [-0.1, -0.05) is 65.7 Å². The highest BCUT2D eigenvalue weighted by atomic mass is 35.5. The molecule has 1 atom stereocenters. The van der Waals surface area contributed by atoms with Gasteiger partial charge < -0.3 is 5.32 Å². The molecular weight excluding hydrogens is 365 g/mol. The van der Waals surface area contributed by atoms with Gasteiger partial charge in [0, 0.05) is 21.1 Å². The summed E-state index contributed by atoms with van der Waals surface area (Å²) in [5, 5.41) is 4.40. The van der Waals surface area contributed by atoms with Gasteiger partial charge in [0.1, 0.15) is 0 Å². The molecule has 4 heteroatoms. The lowest BCUT2D eigenvalue weighted by Crippen LogP contribution is -2.22. The number of halogens is 2. The Morgan fingerprint density at radius 3 is 1.81 bits per heavy atom. The zero-order valence-corrected chi connectivity index (χ0v) is 15.5. The number of anilines is 1. The lowest BCUT2D eigenvalue weighted by atomic mass is 9.85. The number of carbonyl (C=O) groups excluding carboxylic acids is 1. The molecule has 1 aliphatic rings. The smallest absolute Gasteiger partial charge is 0.228 e. The highest BCUT2D eigenvalue weighted by molar-refractivity contribution is 6.30. The number of nitrogens with one attached hydrogen (secondary N) is 1. The van der Waals surface area contributed by atoms with Crippen LogP contribution in [0.1, 0.15) is 17.5 Å². The van der Waals surface area contributed by atoms with Crippen LogP contribution in [0, 0.1) is 5.92 Å². The van der Waals surface area contributed by atoms with Crippen LogP contribution in [0.5, 0.6) is 0 Å². The van der Waals surface area contributed by atoms with Crippen LogP contribution >= 0.6 is 23.2 Å². The van der Waals surface area contributed by atoms with E-state index in [4.69, 9.17) is 23.2 Å². The van der Waals surface area contributed by atoms with Gasteiger partial charge >= 0.3 is 0 Å². The molecule has 3 aromatic carbocycles. The number of amides is 1. The van der Waals surface area contributed by atoms with E-state index >= 15 is 0 Å². The molecule has 1 aliphatic carbocycles. The largest absolute Gasteiger partial charge is 0.326 e. The monoisotopic (exact) mass is 381 g/mol. The fourth-order valence-corrected chi connectivity index (χ4v) is 3.88. The zero-order chi connectivity index (χ0) is 18.1. The maximum atomic E-state index is 12.9. The van der Waals surface area contributed by atoms with Gasteiger partial charge in [0.25, 0.3) is 0 Å². The minimum absolute atomic E-state index is 0.0288. The molecule has 0 heterocycles. The first-order valence-electron chi connectivity index (χ1n) is 8.47. The highest BCUT2D eigenvalue weighted by Crippen LogP contribution is 2.59. The average Bonchev–Trinajstić information content (AvgIpc) is 3.41. The highest BCUT2D eigenvalue weighted by Gasteiger charge is 2.60. The number of rotatable bonds is 4. The summed E-state index contributed by atoms with van der Waals surface area (Å²) in [6, 6.07) is 25.1. The second-order valence-corrected chi connectivity index (χ2v) is 7.47. The normalized spacial score (nSPS) is 17.5. The number of carbonyl (C=O) groups is 1. The molecule has 3 aromatic rings. The molecule has 1 fully saturated rings. The molecule has 0 saturated heterocycles. The fraction of sp³-hybridized carbons (Fsp3) is 0.136. The lowest BCUT2D eigenvalue weighted by molar-refractivity contribution is -0.117. The van der Waals surface area contributed by atoms with Crippen molar-refractivity contribution in [3.05, 3.63) is 100 Å². The predicted molar refractivity (Wildman–Crippen MR) is 107 cm³/mol. The molecule has 0 aliphatic heterocycles. The Labute approximate surface area is 162 Å². The molecule has 26 heavy (non-hydrogen) atoms. The van der Waals surface area contributed by atoms with E-state index in [-0.39, 0.29) is 17.2 Å². The first-order valence-corrected chi connectivity index (χ1v) is 9.23. The summed E-state index contributed by atoms with van der Waals surface area (Å²) in [4.78, 5) is 12.9. The van der Waals surface area contributed by atoms with E-state index in [9.17, 15) is 4.79 Å². The van der Waals surface area contributed by atoms with E-state index in [2.05, 4.69) is 5.32 Å². The third-order valence-corrected chi connectivity index (χ3v) is 5.54. The molecule has 2 nitrogen and oxygen atoms in total. The first-order chi connectivity index (χ1) is 12.6. The van der Waals surface area contributed by atoms with Crippen molar-refractivity contribution in [2.75, 3.05) is 5.32 Å². The number of para-hydroxylation sites is 1. The molecule has 0 unspecified atom stereocenters. The van der Waals surface area contributed by atoms with Gasteiger partial charge in [0.15, 0.2) is 0 Å². The Kier molecular flexibility index (Phi) is 4.47. The molecule has 130 valence electrons. The van der Waals surface area contributed by atoms with Crippen molar-refractivity contribution in [1.82, 2.24) is 0 Å². The molecule has 0 radical (unpaired) electrons. The summed E-state index contributed by atoms with van der Waals surface area (Å²) in [7, 11) is 0. The molecule has 1 N–H and O–H groups in total. The fourth-order valence-electron chi connectivity index (χ4n) is 3.63. The molecule has 1 saturated carbocycles. The summed E-state index contributed by atoms with van der Waals surface area (Å²) in [5.74, 6) is -0.105. The number of benzene rings is 3. The zero-order valence-electron chi connectivity index (χ0n) is 14.0. The van der Waals surface area contributed by atoms with Crippen LogP contribution in [0.4, 0.5) is 5.69 Å². The molecule has 4 rings (SSSR count). The van der Waals surface area contributed by atoms with Gasteiger partial charge in [0.05, 0.1) is 5.92 Å². The minimum atomic E-state index is -0.339. The topological polar surface area (TPSA) is 29.1 Å². The second-order valence-electron chi connectivity index (χ2n) is 6.60. The van der Waals surface area contributed by atoms with E-state index in [1.54, 1.807) is 0 Å². The first kappa shape index (κ1) is 17.1. The van der Waals surface area contributed by atoms with Gasteiger partial charge in [-0.25, -0.2) is 0 Å². The van der Waals surface area contributed by atoms with Crippen LogP contribution < -0.4 is 5.32 Å². The van der Waals surface area contributed by atoms with Crippen molar-refractivity contribution in [1.29, 1.82) is 0 Å². The molecule has 0 spiro atoms. The average molecular weight is 382 g/mol. The van der Waals surface area contributed by atoms with Crippen LogP contribution in [-0.2, 0) is 10.2 Å². The summed E-state index contributed by atoms with van der Waals surface area (Å²) in [6.45, 7) is 0. The standard InChI is InChI=1S/C22H17Cl2NO/c23-17-10-6-15(7-11-17)22(16-8-12-18(24)13-9-16)14-20(22)21(26)25-19-4-2-1-3-5-19/h1-13,20H,14H2,(H,25,26)/t20-/m1/s1. The summed E-state index contributed by atoms with van der Waals surface area (Å²) in [6.07, 6.45) is 0.759. The van der Waals surface area contributed by atoms with Crippen molar-refractivity contribution in [2.45, 2.75) is 11.8 Å². The second kappa shape index (κ2) is 6.79. The van der Waals surface area contributed by atoms with Crippen molar-refractivity contribution in [2.24, 2.45) is 5.92 Å².